The molecule has 34 N–H and O–H groups in total. The van der Waals surface area contributed by atoms with Crippen molar-refractivity contribution in [1.82, 2.24) is 69.1 Å². The maximum Gasteiger partial charge on any atom is 0.325 e. The molecule has 0 saturated heterocycles. The fourth-order valence-corrected chi connectivity index (χ4v) is 9.44. The number of thioether (sulfide) groups is 1. The van der Waals surface area contributed by atoms with Gasteiger partial charge < -0.3 is 136 Å². The molecule has 0 heterocycles. The van der Waals surface area contributed by atoms with Crippen LogP contribution in [0.4, 0.5) is 0 Å². The molecule has 0 bridgehead atoms. The van der Waals surface area contributed by atoms with Gasteiger partial charge in [-0.15, -0.1) is 0 Å². The number of aliphatic hydroxyl groups excluding tert-OH is 1. The summed E-state index contributed by atoms with van der Waals surface area (Å²) < 4.78 is 0. The fourth-order valence-electron chi connectivity index (χ4n) is 8.97. The zero-order valence-electron chi connectivity index (χ0n) is 59.0. The van der Waals surface area contributed by atoms with Crippen molar-refractivity contribution in [3.05, 3.63) is 0 Å². The highest BCUT2D eigenvalue weighted by atomic mass is 32.2. The molecule has 0 unspecified atom stereocenters. The van der Waals surface area contributed by atoms with Crippen LogP contribution in [0.1, 0.15) is 124 Å². The number of nitrogens with two attached hydrogens (primary N) is 9. The summed E-state index contributed by atoms with van der Waals surface area (Å²) in [7, 11) is 0. The zero-order valence-corrected chi connectivity index (χ0v) is 59.9. The van der Waals surface area contributed by atoms with E-state index in [0.717, 1.165) is 27.7 Å². The van der Waals surface area contributed by atoms with E-state index in [0.29, 0.717) is 6.42 Å². The van der Waals surface area contributed by atoms with Gasteiger partial charge in [0.25, 0.3) is 0 Å². The second-order valence-electron chi connectivity index (χ2n) is 23.9. The number of rotatable bonds is 54. The Morgan fingerprint density at radius 3 is 1.09 bits per heavy atom. The smallest absolute Gasteiger partial charge is 0.325 e. The average Bonchev–Trinajstić information content (AvgIpc) is 0.867. The number of hydrogen-bond donors (Lipinski definition) is 25. The monoisotopic (exact) mass is 1520 g/mol. The summed E-state index contributed by atoms with van der Waals surface area (Å²) in [6.07, 6.45) is -1.94. The lowest BCUT2D eigenvalue weighted by Gasteiger charge is -2.28. The number of amides is 16. The number of aliphatic carboxylic acids is 2. The lowest BCUT2D eigenvalue weighted by Crippen LogP contribution is -2.60. The minimum absolute atomic E-state index is 0.00785. The van der Waals surface area contributed by atoms with E-state index in [1.807, 2.05) is 0 Å². The number of hydrogen-bond acceptors (Lipinski definition) is 24. The SMILES string of the molecule is CSCC[C@H](NC(=O)[C@H](CCCCN)NC(=O)[C@H](C)NC(=O)[C@H](CC(=O)O)NC(=O)CNC(=O)[C@H](C)NC(=O)[C@H](CO)NC(=O)[C@@H](N)CCC(N)=O)C(=O)N[C@@H](CCCN=C(N)N)C(=O)N[C@@H](CCCN=C(N)N)C(=O)N[C@@H](CCC(N)=O)C(=O)N[C@@H](C)C(=O)N[C@@H](CCC(N)=O)C(=O)N[C@@H](C)C(=O)O. The first-order chi connectivity index (χ1) is 49.2. The van der Waals surface area contributed by atoms with E-state index in [9.17, 15) is 102 Å². The van der Waals surface area contributed by atoms with Gasteiger partial charge in [-0.2, -0.15) is 11.8 Å². The maximum absolute atomic E-state index is 14.5. The first-order valence-electron chi connectivity index (χ1n) is 33.0. The largest absolute Gasteiger partial charge is 0.481 e. The summed E-state index contributed by atoms with van der Waals surface area (Å²) in [6, 6.07) is -20.1. The van der Waals surface area contributed by atoms with Gasteiger partial charge in [0.1, 0.15) is 72.5 Å². The Morgan fingerprint density at radius 1 is 0.381 bits per heavy atom. The van der Waals surface area contributed by atoms with Crippen LogP contribution in [-0.2, 0) is 86.3 Å². The molecule has 16 amide bonds. The van der Waals surface area contributed by atoms with Crippen molar-refractivity contribution < 1.29 is 102 Å². The number of carboxylic acids is 2. The van der Waals surface area contributed by atoms with Gasteiger partial charge in [-0.1, -0.05) is 0 Å². The van der Waals surface area contributed by atoms with Crippen molar-refractivity contribution in [2.24, 2.45) is 61.6 Å². The van der Waals surface area contributed by atoms with Crippen LogP contribution in [-0.4, -0.2) is 257 Å². The molecule has 0 radical (unpaired) electrons. The van der Waals surface area contributed by atoms with E-state index >= 15 is 0 Å². The second kappa shape index (κ2) is 50.6. The molecule has 45 nitrogen and oxygen atoms in total. The summed E-state index contributed by atoms with van der Waals surface area (Å²) >= 11 is 1.25. The molecule has 0 fully saturated rings. The summed E-state index contributed by atoms with van der Waals surface area (Å²) in [5.74, 6) is -19.6. The molecule has 0 spiro atoms. The standard InChI is InChI=1S/C59H104N24O21S/c1-27(72-56(102)39(26-84)83-48(94)31(61)13-16-40(62)85)45(91)71-25-43(88)76-38(24-44(89)90)55(101)74-29(3)46(92)77-32(10-6-7-20-60)51(97)82-37(19-23-105-5)54(100)80-33(11-8-21-69-58(65)66)52(98)79-34(12-9-22-70-59(67)68)53(99)81-36(15-18-42(64)87)49(95)73-28(2)47(93)78-35(14-17-41(63)86)50(96)75-30(4)57(103)104/h27-39,84H,6-26,60-61H2,1-5H3,(H2,62,85)(H2,63,86)(H2,64,87)(H,71,91)(H,72,102)(H,73,95)(H,74,101)(H,75,96)(H,76,88)(H,77,92)(H,78,93)(H,79,98)(H,80,100)(H,81,99)(H,82,97)(H,83,94)(H,89,90)(H,103,104)(H4,65,66,69)(H4,67,68,70)/t27-,28-,29-,30-,31-,32-,33-,34-,35-,36-,37-,38-,39-/m0/s1. The van der Waals surface area contributed by atoms with Crippen LogP contribution in [0.5, 0.6) is 0 Å². The molecule has 0 aromatic rings. The van der Waals surface area contributed by atoms with Crippen molar-refractivity contribution in [2.75, 3.05) is 44.8 Å². The number of carbonyl (C=O) groups excluding carboxylic acids is 16. The molecule has 0 aromatic heterocycles. The molecule has 0 aliphatic heterocycles. The topological polar surface area (TPSA) is 783 Å². The van der Waals surface area contributed by atoms with Crippen LogP contribution in [0, 0.1) is 0 Å². The minimum atomic E-state index is -1.89. The first-order valence-corrected chi connectivity index (χ1v) is 34.4. The Balaban J connectivity index is 6.86. The van der Waals surface area contributed by atoms with Gasteiger partial charge in [-0.05, 0) is 117 Å². The Bertz CT molecular complexity index is 3080. The molecular weight excluding hydrogens is 1410 g/mol. The summed E-state index contributed by atoms with van der Waals surface area (Å²) in [5, 5.41) is 58.9. The van der Waals surface area contributed by atoms with Crippen molar-refractivity contribution in [3.8, 4) is 0 Å². The quantitative estimate of drug-likeness (QED) is 0.0153. The Morgan fingerprint density at radius 2 is 0.714 bits per heavy atom. The van der Waals surface area contributed by atoms with Gasteiger partial charge in [0, 0.05) is 32.4 Å². The normalized spacial score (nSPS) is 14.5. The van der Waals surface area contributed by atoms with E-state index in [4.69, 9.17) is 51.6 Å². The number of carboxylic acid groups (broad SMARTS) is 2. The van der Waals surface area contributed by atoms with Crippen LogP contribution >= 0.6 is 11.8 Å². The summed E-state index contributed by atoms with van der Waals surface area (Å²) in [4.78, 5) is 242. The van der Waals surface area contributed by atoms with Crippen molar-refractivity contribution >= 4 is 130 Å². The number of carbonyl (C=O) groups is 18. The highest BCUT2D eigenvalue weighted by Crippen LogP contribution is 2.11. The van der Waals surface area contributed by atoms with Crippen LogP contribution in [0.2, 0.25) is 0 Å². The Kier molecular flexibility index (Phi) is 45.4. The molecule has 0 rings (SSSR count). The number of unbranched alkanes of at least 4 members (excludes halogenated alkanes) is 1. The van der Waals surface area contributed by atoms with Crippen LogP contribution in [0.15, 0.2) is 9.98 Å². The van der Waals surface area contributed by atoms with Gasteiger partial charge in [-0.25, -0.2) is 0 Å². The van der Waals surface area contributed by atoms with Gasteiger partial charge in [0.2, 0.25) is 94.5 Å². The van der Waals surface area contributed by atoms with Crippen LogP contribution in [0.3, 0.4) is 0 Å². The number of primary amides is 3. The number of aliphatic hydroxyl groups is 1. The molecule has 0 aliphatic rings. The molecule has 105 heavy (non-hydrogen) atoms. The highest BCUT2D eigenvalue weighted by Gasteiger charge is 2.36. The van der Waals surface area contributed by atoms with E-state index in [-0.39, 0.29) is 102 Å². The average molecular weight is 1520 g/mol. The number of guanidine groups is 2. The molecule has 46 heteroatoms. The predicted octanol–water partition coefficient (Wildman–Crippen LogP) is -12.3. The summed E-state index contributed by atoms with van der Waals surface area (Å²) in [6.45, 7) is 2.66. The van der Waals surface area contributed by atoms with Crippen molar-refractivity contribution in [1.29, 1.82) is 0 Å². The number of nitrogens with one attached hydrogen (secondary N) is 13. The van der Waals surface area contributed by atoms with Gasteiger partial charge in [0.15, 0.2) is 11.9 Å². The third-order valence-corrected chi connectivity index (χ3v) is 15.5. The van der Waals surface area contributed by atoms with Gasteiger partial charge in [-0.3, -0.25) is 96.3 Å². The molecule has 13 atom stereocenters. The van der Waals surface area contributed by atoms with Crippen molar-refractivity contribution in [2.45, 2.75) is 203 Å². The molecule has 0 saturated carbocycles. The second-order valence-corrected chi connectivity index (χ2v) is 24.9. The number of nitrogens with zero attached hydrogens (tertiary/aromatic N) is 2. The lowest BCUT2D eigenvalue weighted by molar-refractivity contribution is -0.142. The Hall–Kier alpha value is -10.8. The first kappa shape index (κ1) is 94.2. The minimum Gasteiger partial charge on any atom is -0.481 e. The molecular formula is C59H104N24O21S. The predicted molar refractivity (Wildman–Crippen MR) is 375 cm³/mol. The lowest BCUT2D eigenvalue weighted by atomic mass is 10.0. The van der Waals surface area contributed by atoms with Gasteiger partial charge >= 0.3 is 11.9 Å². The highest BCUT2D eigenvalue weighted by molar-refractivity contribution is 7.98. The van der Waals surface area contributed by atoms with E-state index in [1.165, 1.54) is 11.8 Å². The zero-order chi connectivity index (χ0) is 80.2. The van der Waals surface area contributed by atoms with Gasteiger partial charge in [0.05, 0.1) is 25.6 Å². The number of aliphatic imine (C=N–C) groups is 2. The third-order valence-electron chi connectivity index (χ3n) is 14.9. The Labute approximate surface area is 607 Å². The molecule has 0 aromatic carbocycles. The third kappa shape index (κ3) is 40.6. The molecule has 592 valence electrons. The maximum atomic E-state index is 14.5. The van der Waals surface area contributed by atoms with E-state index in [1.54, 1.807) is 6.26 Å². The van der Waals surface area contributed by atoms with Crippen LogP contribution < -0.4 is 121 Å². The summed E-state index contributed by atoms with van der Waals surface area (Å²) in [5.41, 5.74) is 49.2. The van der Waals surface area contributed by atoms with E-state index < -0.39 is 224 Å². The molecule has 0 aliphatic carbocycles. The van der Waals surface area contributed by atoms with E-state index in [2.05, 4.69) is 79.1 Å². The van der Waals surface area contributed by atoms with Crippen LogP contribution in [0.25, 0.3) is 0 Å². The fraction of sp³-hybridized carbons (Fsp3) is 0.661. The van der Waals surface area contributed by atoms with Crippen molar-refractivity contribution in [3.63, 3.8) is 0 Å².